The molecular formula is C20H30N4O5. The van der Waals surface area contributed by atoms with Crippen LogP contribution in [0.25, 0.3) is 0 Å². The van der Waals surface area contributed by atoms with Crippen LogP contribution in [0.5, 0.6) is 5.88 Å². The average Bonchev–Trinajstić information content (AvgIpc) is 2.74. The van der Waals surface area contributed by atoms with Crippen molar-refractivity contribution in [1.82, 2.24) is 9.88 Å². The summed E-state index contributed by atoms with van der Waals surface area (Å²) in [5.41, 5.74) is 0.350. The van der Waals surface area contributed by atoms with Crippen LogP contribution in [0, 0.1) is 16.0 Å². The van der Waals surface area contributed by atoms with Crippen molar-refractivity contribution in [2.45, 2.75) is 51.0 Å². The summed E-state index contributed by atoms with van der Waals surface area (Å²) in [6.45, 7) is 3.53. The lowest BCUT2D eigenvalue weighted by Gasteiger charge is -2.28. The van der Waals surface area contributed by atoms with Crippen molar-refractivity contribution in [3.05, 3.63) is 22.4 Å². The van der Waals surface area contributed by atoms with E-state index in [1.54, 1.807) is 6.07 Å². The monoisotopic (exact) mass is 406 g/mol. The Morgan fingerprint density at radius 3 is 2.66 bits per heavy atom. The molecule has 9 heteroatoms. The number of anilines is 1. The number of methoxy groups -OCH3 is 1. The fourth-order valence-electron chi connectivity index (χ4n) is 4.09. The van der Waals surface area contributed by atoms with Crippen molar-refractivity contribution in [3.8, 4) is 5.88 Å². The van der Waals surface area contributed by atoms with E-state index in [9.17, 15) is 14.9 Å². The quantitative estimate of drug-likeness (QED) is 0.399. The molecule has 0 bridgehead atoms. The molecule has 0 spiro atoms. The van der Waals surface area contributed by atoms with Gasteiger partial charge in [-0.3, -0.25) is 19.8 Å². The number of hydrogen-bond donors (Lipinski definition) is 1. The van der Waals surface area contributed by atoms with E-state index in [0.717, 1.165) is 32.5 Å². The van der Waals surface area contributed by atoms with Crippen LogP contribution in [0.2, 0.25) is 0 Å². The summed E-state index contributed by atoms with van der Waals surface area (Å²) in [4.78, 5) is 29.1. The van der Waals surface area contributed by atoms with Crippen LogP contribution in [0.15, 0.2) is 12.3 Å². The van der Waals surface area contributed by atoms with Crippen molar-refractivity contribution in [1.29, 1.82) is 0 Å². The molecule has 1 saturated heterocycles. The predicted octanol–water partition coefficient (Wildman–Crippen LogP) is 3.00. The Morgan fingerprint density at radius 1 is 1.28 bits per heavy atom. The molecular weight excluding hydrogens is 376 g/mol. The standard InChI is InChI=1S/C20H30N4O5/c1-28-20(25)15-5-7-16(8-6-15)22-17-13-19(21-14-18(17)24(26)27)29-12-11-23-9-3-2-4-10-23/h13-16H,2-12H2,1H3,(H,21,22)/t15-,16+. The molecule has 1 aromatic rings. The highest BCUT2D eigenvalue weighted by Crippen LogP contribution is 2.32. The minimum Gasteiger partial charge on any atom is -0.476 e. The van der Waals surface area contributed by atoms with Gasteiger partial charge in [0.05, 0.1) is 18.0 Å². The van der Waals surface area contributed by atoms with Gasteiger partial charge in [0.25, 0.3) is 0 Å². The van der Waals surface area contributed by atoms with Crippen LogP contribution in [0.3, 0.4) is 0 Å². The number of aromatic nitrogens is 1. The van der Waals surface area contributed by atoms with Gasteiger partial charge in [-0.25, -0.2) is 4.98 Å². The molecule has 2 aliphatic rings. The SMILES string of the molecule is COC(=O)[C@H]1CC[C@@H](Nc2cc(OCCN3CCCCC3)ncc2[N+](=O)[O-])CC1. The van der Waals surface area contributed by atoms with Crippen molar-refractivity contribution < 1.29 is 19.2 Å². The zero-order valence-electron chi connectivity index (χ0n) is 17.0. The number of pyridine rings is 1. The molecule has 1 saturated carbocycles. The lowest BCUT2D eigenvalue weighted by atomic mass is 9.86. The molecule has 3 rings (SSSR count). The van der Waals surface area contributed by atoms with Crippen LogP contribution < -0.4 is 10.1 Å². The van der Waals surface area contributed by atoms with Crippen LogP contribution in [-0.2, 0) is 9.53 Å². The average molecular weight is 406 g/mol. The molecule has 1 N–H and O–H groups in total. The van der Waals surface area contributed by atoms with E-state index >= 15 is 0 Å². The number of carbonyl (C=O) groups is 1. The molecule has 2 heterocycles. The number of ether oxygens (including phenoxy) is 2. The van der Waals surface area contributed by atoms with Gasteiger partial charge in [0.2, 0.25) is 5.88 Å². The molecule has 2 fully saturated rings. The summed E-state index contributed by atoms with van der Waals surface area (Å²) >= 11 is 0. The summed E-state index contributed by atoms with van der Waals surface area (Å²) in [5.74, 6) is 0.125. The van der Waals surface area contributed by atoms with Crippen LogP contribution in [-0.4, -0.2) is 60.2 Å². The van der Waals surface area contributed by atoms with E-state index in [0.29, 0.717) is 31.0 Å². The molecule has 1 aromatic heterocycles. The van der Waals surface area contributed by atoms with E-state index in [-0.39, 0.29) is 23.6 Å². The number of nitrogens with one attached hydrogen (secondary N) is 1. The molecule has 0 amide bonds. The molecule has 0 radical (unpaired) electrons. The third kappa shape index (κ3) is 6.03. The number of piperidine rings is 1. The highest BCUT2D eigenvalue weighted by molar-refractivity contribution is 5.72. The Bertz CT molecular complexity index is 700. The number of esters is 1. The summed E-state index contributed by atoms with van der Waals surface area (Å²) in [5, 5.41) is 14.7. The maximum Gasteiger partial charge on any atom is 0.310 e. The van der Waals surface area contributed by atoms with Crippen LogP contribution in [0.4, 0.5) is 11.4 Å². The number of nitro groups is 1. The Balaban J connectivity index is 1.57. The summed E-state index contributed by atoms with van der Waals surface area (Å²) < 4.78 is 10.6. The number of carbonyl (C=O) groups excluding carboxylic acids is 1. The first-order valence-electron chi connectivity index (χ1n) is 10.4. The first kappa shape index (κ1) is 21.3. The van der Waals surface area contributed by atoms with Gasteiger partial charge in [0.1, 0.15) is 18.5 Å². The van der Waals surface area contributed by atoms with Crippen molar-refractivity contribution in [3.63, 3.8) is 0 Å². The zero-order chi connectivity index (χ0) is 20.6. The molecule has 0 unspecified atom stereocenters. The van der Waals surface area contributed by atoms with E-state index in [4.69, 9.17) is 9.47 Å². The van der Waals surface area contributed by atoms with Gasteiger partial charge >= 0.3 is 11.7 Å². The van der Waals surface area contributed by atoms with E-state index in [1.165, 1.54) is 32.6 Å². The summed E-state index contributed by atoms with van der Waals surface area (Å²) in [7, 11) is 1.40. The second-order valence-electron chi connectivity index (χ2n) is 7.76. The topological polar surface area (TPSA) is 107 Å². The largest absolute Gasteiger partial charge is 0.476 e. The first-order valence-corrected chi connectivity index (χ1v) is 10.4. The van der Waals surface area contributed by atoms with Gasteiger partial charge in [-0.2, -0.15) is 0 Å². The molecule has 9 nitrogen and oxygen atoms in total. The molecule has 29 heavy (non-hydrogen) atoms. The second kappa shape index (κ2) is 10.4. The van der Waals surface area contributed by atoms with Gasteiger partial charge in [0, 0.05) is 18.7 Å². The summed E-state index contributed by atoms with van der Waals surface area (Å²) in [6, 6.07) is 1.68. The lowest BCUT2D eigenvalue weighted by Crippen LogP contribution is -2.33. The fraction of sp³-hybridized carbons (Fsp3) is 0.700. The lowest BCUT2D eigenvalue weighted by molar-refractivity contribution is -0.384. The molecule has 160 valence electrons. The van der Waals surface area contributed by atoms with E-state index in [2.05, 4.69) is 15.2 Å². The zero-order valence-corrected chi connectivity index (χ0v) is 17.0. The van der Waals surface area contributed by atoms with Gasteiger partial charge in [-0.1, -0.05) is 6.42 Å². The Hall–Kier alpha value is -2.42. The second-order valence-corrected chi connectivity index (χ2v) is 7.76. The molecule has 0 aromatic carbocycles. The number of likely N-dealkylation sites (tertiary alicyclic amines) is 1. The maximum absolute atomic E-state index is 11.7. The van der Waals surface area contributed by atoms with E-state index < -0.39 is 4.92 Å². The third-order valence-corrected chi connectivity index (χ3v) is 5.78. The normalized spacial score (nSPS) is 22.7. The van der Waals surface area contributed by atoms with E-state index in [1.807, 2.05) is 0 Å². The number of hydrogen-bond acceptors (Lipinski definition) is 8. The van der Waals surface area contributed by atoms with Crippen molar-refractivity contribution >= 4 is 17.3 Å². The van der Waals surface area contributed by atoms with Gasteiger partial charge in [-0.05, 0) is 51.6 Å². The Labute approximate surface area is 170 Å². The molecule has 1 aliphatic carbocycles. The van der Waals surface area contributed by atoms with Crippen molar-refractivity contribution in [2.24, 2.45) is 5.92 Å². The maximum atomic E-state index is 11.7. The predicted molar refractivity (Wildman–Crippen MR) is 108 cm³/mol. The van der Waals surface area contributed by atoms with Gasteiger partial charge in [0.15, 0.2) is 0 Å². The molecule has 1 aliphatic heterocycles. The fourth-order valence-corrected chi connectivity index (χ4v) is 4.09. The third-order valence-electron chi connectivity index (χ3n) is 5.78. The van der Waals surface area contributed by atoms with Crippen molar-refractivity contribution in [2.75, 3.05) is 38.7 Å². The minimum atomic E-state index is -0.438. The number of nitrogens with zero attached hydrogens (tertiary/aromatic N) is 3. The Kier molecular flexibility index (Phi) is 7.62. The first-order chi connectivity index (χ1) is 14.1. The number of rotatable bonds is 8. The Morgan fingerprint density at radius 2 is 2.00 bits per heavy atom. The summed E-state index contributed by atoms with van der Waals surface area (Å²) in [6.07, 6.45) is 7.92. The highest BCUT2D eigenvalue weighted by Gasteiger charge is 2.28. The van der Waals surface area contributed by atoms with Crippen LogP contribution in [0.1, 0.15) is 44.9 Å². The van der Waals surface area contributed by atoms with Gasteiger partial charge < -0.3 is 14.8 Å². The van der Waals surface area contributed by atoms with Crippen LogP contribution >= 0.6 is 0 Å². The highest BCUT2D eigenvalue weighted by atomic mass is 16.6. The minimum absolute atomic E-state index is 0.0662. The van der Waals surface area contributed by atoms with Gasteiger partial charge in [-0.15, -0.1) is 0 Å². The smallest absolute Gasteiger partial charge is 0.310 e. The molecule has 0 atom stereocenters.